The predicted molar refractivity (Wildman–Crippen MR) is 71.1 cm³/mol. The van der Waals surface area contributed by atoms with Crippen LogP contribution in [0, 0.1) is 0 Å². The fraction of sp³-hybridized carbons (Fsp3) is 0.667. The smallest absolute Gasteiger partial charge is 0.365 e. The van der Waals surface area contributed by atoms with Gasteiger partial charge in [0.15, 0.2) is 0 Å². The maximum Gasteiger partial charge on any atom is 0.365 e. The molecule has 18 heavy (non-hydrogen) atoms. The summed E-state index contributed by atoms with van der Waals surface area (Å²) in [5.41, 5.74) is 0.860. The van der Waals surface area contributed by atoms with E-state index in [9.17, 15) is 4.79 Å². The van der Waals surface area contributed by atoms with Gasteiger partial charge in [0.1, 0.15) is 0 Å². The minimum absolute atomic E-state index is 0.182. The summed E-state index contributed by atoms with van der Waals surface area (Å²) in [6, 6.07) is 0.580. The van der Waals surface area contributed by atoms with E-state index in [2.05, 4.69) is 28.9 Å². The van der Waals surface area contributed by atoms with Crippen molar-refractivity contribution in [3.63, 3.8) is 0 Å². The molecule has 0 amide bonds. The molecule has 100 valence electrons. The van der Waals surface area contributed by atoms with Crippen molar-refractivity contribution >= 4 is 17.3 Å². The van der Waals surface area contributed by atoms with Gasteiger partial charge in [-0.1, -0.05) is 0 Å². The van der Waals surface area contributed by atoms with Gasteiger partial charge in [-0.05, 0) is 40.0 Å². The first kappa shape index (κ1) is 13.5. The molecular weight excluding hydrogens is 250 g/mol. The van der Waals surface area contributed by atoms with Crippen molar-refractivity contribution in [3.05, 3.63) is 16.1 Å². The highest BCUT2D eigenvalue weighted by atomic mass is 32.1. The van der Waals surface area contributed by atoms with Gasteiger partial charge in [0.2, 0.25) is 5.01 Å². The van der Waals surface area contributed by atoms with Crippen LogP contribution in [-0.4, -0.2) is 59.1 Å². The van der Waals surface area contributed by atoms with Crippen LogP contribution in [0.3, 0.4) is 0 Å². The summed E-state index contributed by atoms with van der Waals surface area (Å²) < 4.78 is 0. The third-order valence-electron chi connectivity index (χ3n) is 3.46. The van der Waals surface area contributed by atoms with Gasteiger partial charge in [0, 0.05) is 18.0 Å². The molecule has 0 bridgehead atoms. The van der Waals surface area contributed by atoms with E-state index < -0.39 is 5.97 Å². The Kier molecular flexibility index (Phi) is 4.31. The Hall–Kier alpha value is -0.980. The highest BCUT2D eigenvalue weighted by Crippen LogP contribution is 2.17. The van der Waals surface area contributed by atoms with Crippen LogP contribution in [0.2, 0.25) is 0 Å². The lowest BCUT2D eigenvalue weighted by Gasteiger charge is -2.34. The average molecular weight is 269 g/mol. The Bertz CT molecular complexity index is 413. The lowest BCUT2D eigenvalue weighted by Crippen LogP contribution is -2.41. The number of carbonyl (C=O) groups is 1. The first-order valence-electron chi connectivity index (χ1n) is 6.12. The minimum atomic E-state index is -0.937. The quantitative estimate of drug-likeness (QED) is 0.894. The number of piperidine rings is 1. The third kappa shape index (κ3) is 3.28. The largest absolute Gasteiger partial charge is 0.476 e. The van der Waals surface area contributed by atoms with Crippen molar-refractivity contribution < 1.29 is 9.90 Å². The second-order valence-electron chi connectivity index (χ2n) is 4.90. The van der Waals surface area contributed by atoms with Gasteiger partial charge in [-0.2, -0.15) is 0 Å². The molecule has 1 aromatic rings. The summed E-state index contributed by atoms with van der Waals surface area (Å²) in [6.45, 7) is 3.00. The Balaban J connectivity index is 1.90. The molecule has 1 saturated heterocycles. The van der Waals surface area contributed by atoms with Crippen molar-refractivity contribution in [2.45, 2.75) is 25.4 Å². The minimum Gasteiger partial charge on any atom is -0.476 e. The molecule has 1 aliphatic rings. The number of thiazole rings is 1. The molecule has 0 unspecified atom stereocenters. The van der Waals surface area contributed by atoms with Gasteiger partial charge in [-0.25, -0.2) is 9.78 Å². The van der Waals surface area contributed by atoms with E-state index in [-0.39, 0.29) is 5.01 Å². The van der Waals surface area contributed by atoms with Gasteiger partial charge in [0.05, 0.1) is 5.69 Å². The lowest BCUT2D eigenvalue weighted by molar-refractivity contribution is 0.0696. The summed E-state index contributed by atoms with van der Waals surface area (Å²) >= 11 is 1.20. The molecule has 5 nitrogen and oxygen atoms in total. The van der Waals surface area contributed by atoms with Crippen LogP contribution >= 0.6 is 11.3 Å². The van der Waals surface area contributed by atoms with Crippen LogP contribution in [0.25, 0.3) is 0 Å². The molecule has 0 atom stereocenters. The molecule has 1 aliphatic heterocycles. The molecule has 6 heteroatoms. The van der Waals surface area contributed by atoms with Crippen LogP contribution < -0.4 is 0 Å². The van der Waals surface area contributed by atoms with Gasteiger partial charge >= 0.3 is 5.97 Å². The van der Waals surface area contributed by atoms with Gasteiger partial charge in [-0.3, -0.25) is 4.90 Å². The van der Waals surface area contributed by atoms with E-state index in [1.54, 1.807) is 0 Å². The monoisotopic (exact) mass is 269 g/mol. The highest BCUT2D eigenvalue weighted by Gasteiger charge is 2.21. The van der Waals surface area contributed by atoms with Gasteiger partial charge in [-0.15, -0.1) is 11.3 Å². The van der Waals surface area contributed by atoms with Crippen LogP contribution in [-0.2, 0) is 6.54 Å². The number of carboxylic acids is 1. The molecule has 1 N–H and O–H groups in total. The first-order chi connectivity index (χ1) is 8.56. The van der Waals surface area contributed by atoms with E-state index in [0.717, 1.165) is 25.3 Å². The maximum atomic E-state index is 10.8. The summed E-state index contributed by atoms with van der Waals surface area (Å²) in [4.78, 5) is 19.5. The van der Waals surface area contributed by atoms with Crippen LogP contribution in [0.5, 0.6) is 0 Å². The standard InChI is InChI=1S/C12H19N3O2S/c1-14-5-3-10(4-6-14)15(2)7-9-8-18-11(13-9)12(16)17/h8,10H,3-7H2,1-2H3,(H,16,17). The van der Waals surface area contributed by atoms with E-state index in [1.165, 1.54) is 24.2 Å². The van der Waals surface area contributed by atoms with Crippen molar-refractivity contribution in [3.8, 4) is 0 Å². The summed E-state index contributed by atoms with van der Waals surface area (Å²) in [7, 11) is 4.24. The van der Waals surface area contributed by atoms with Crippen molar-refractivity contribution in [1.82, 2.24) is 14.8 Å². The van der Waals surface area contributed by atoms with Crippen molar-refractivity contribution in [2.75, 3.05) is 27.2 Å². The second kappa shape index (κ2) is 5.77. The molecule has 0 aromatic carbocycles. The van der Waals surface area contributed by atoms with E-state index >= 15 is 0 Å². The average Bonchev–Trinajstić information content (AvgIpc) is 2.78. The number of likely N-dealkylation sites (tertiary alicyclic amines) is 1. The van der Waals surface area contributed by atoms with E-state index in [4.69, 9.17) is 5.11 Å². The second-order valence-corrected chi connectivity index (χ2v) is 5.76. The molecule has 0 radical (unpaired) electrons. The SMILES string of the molecule is CN1CCC(N(C)Cc2csc(C(=O)O)n2)CC1. The third-order valence-corrected chi connectivity index (χ3v) is 4.34. The van der Waals surface area contributed by atoms with Crippen LogP contribution in [0.1, 0.15) is 28.3 Å². The predicted octanol–water partition coefficient (Wildman–Crippen LogP) is 1.37. The zero-order valence-corrected chi connectivity index (χ0v) is 11.6. The number of aromatic nitrogens is 1. The highest BCUT2D eigenvalue weighted by molar-refractivity contribution is 7.11. The van der Waals surface area contributed by atoms with Crippen LogP contribution in [0.15, 0.2) is 5.38 Å². The molecule has 1 fully saturated rings. The lowest BCUT2D eigenvalue weighted by atomic mass is 10.0. The molecule has 0 saturated carbocycles. The number of nitrogens with zero attached hydrogens (tertiary/aromatic N) is 3. The number of hydrogen-bond acceptors (Lipinski definition) is 5. The first-order valence-corrected chi connectivity index (χ1v) is 7.00. The molecule has 2 heterocycles. The van der Waals surface area contributed by atoms with Gasteiger partial charge < -0.3 is 10.0 Å². The molecular formula is C12H19N3O2S. The number of carboxylic acid groups (broad SMARTS) is 1. The number of hydrogen-bond donors (Lipinski definition) is 1. The fourth-order valence-corrected chi connectivity index (χ4v) is 2.94. The van der Waals surface area contributed by atoms with E-state index in [0.29, 0.717) is 6.04 Å². The van der Waals surface area contributed by atoms with Gasteiger partial charge in [0.25, 0.3) is 0 Å². The van der Waals surface area contributed by atoms with Crippen LogP contribution in [0.4, 0.5) is 0 Å². The van der Waals surface area contributed by atoms with Crippen molar-refractivity contribution in [1.29, 1.82) is 0 Å². The normalized spacial score (nSPS) is 18.4. The summed E-state index contributed by atoms with van der Waals surface area (Å²) in [5, 5.41) is 10.9. The maximum absolute atomic E-state index is 10.8. The zero-order chi connectivity index (χ0) is 13.1. The Morgan fingerprint density at radius 1 is 1.61 bits per heavy atom. The Morgan fingerprint density at radius 3 is 2.83 bits per heavy atom. The molecule has 0 aliphatic carbocycles. The number of aromatic carboxylic acids is 1. The fourth-order valence-electron chi connectivity index (χ4n) is 2.30. The Labute approximate surface area is 111 Å². The summed E-state index contributed by atoms with van der Waals surface area (Å²) in [5.74, 6) is -0.937. The zero-order valence-electron chi connectivity index (χ0n) is 10.8. The number of rotatable bonds is 4. The Morgan fingerprint density at radius 2 is 2.28 bits per heavy atom. The molecule has 1 aromatic heterocycles. The van der Waals surface area contributed by atoms with E-state index in [1.807, 2.05) is 5.38 Å². The molecule has 2 rings (SSSR count). The molecule has 0 spiro atoms. The van der Waals surface area contributed by atoms with Crippen molar-refractivity contribution in [2.24, 2.45) is 0 Å². The topological polar surface area (TPSA) is 56.7 Å². The summed E-state index contributed by atoms with van der Waals surface area (Å²) in [6.07, 6.45) is 2.34.